The van der Waals surface area contributed by atoms with Crippen molar-refractivity contribution in [3.63, 3.8) is 0 Å². The summed E-state index contributed by atoms with van der Waals surface area (Å²) in [4.78, 5) is 11.8. The van der Waals surface area contributed by atoms with Crippen LogP contribution in [0.3, 0.4) is 0 Å². The van der Waals surface area contributed by atoms with Crippen molar-refractivity contribution >= 4 is 15.9 Å². The summed E-state index contributed by atoms with van der Waals surface area (Å²) in [6.07, 6.45) is 0.593. The number of carbonyl (C=O) groups excluding carboxylic acids is 1. The molecule has 0 bridgehead atoms. The predicted octanol–water partition coefficient (Wildman–Crippen LogP) is 1.78. The number of nitrogens with two attached hydrogens (primary N) is 1. The van der Waals surface area contributed by atoms with E-state index in [-0.39, 0.29) is 24.0 Å². The third kappa shape index (κ3) is 6.58. The monoisotopic (exact) mass is 392 g/mol. The number of benzene rings is 2. The van der Waals surface area contributed by atoms with E-state index in [9.17, 15) is 13.2 Å². The lowest BCUT2D eigenvalue weighted by Gasteiger charge is -2.12. The zero-order valence-corrected chi connectivity index (χ0v) is 16.2. The number of carbonyl (C=O) groups is 1. The van der Waals surface area contributed by atoms with Gasteiger partial charge in [0.05, 0.1) is 11.4 Å². The molecule has 0 heterocycles. The van der Waals surface area contributed by atoms with Crippen LogP contribution < -0.4 is 19.9 Å². The van der Waals surface area contributed by atoms with E-state index in [1.54, 1.807) is 6.07 Å². The summed E-state index contributed by atoms with van der Waals surface area (Å²) in [5.74, 6) is 0.948. The van der Waals surface area contributed by atoms with Crippen LogP contribution in [0, 0.1) is 6.92 Å². The van der Waals surface area contributed by atoms with Gasteiger partial charge in [0.25, 0.3) is 5.91 Å². The Hall–Kier alpha value is -2.58. The van der Waals surface area contributed by atoms with Gasteiger partial charge in [-0.05, 0) is 49.2 Å². The minimum atomic E-state index is -3.75. The number of amides is 1. The summed E-state index contributed by atoms with van der Waals surface area (Å²) >= 11 is 0. The zero-order chi connectivity index (χ0) is 19.9. The summed E-state index contributed by atoms with van der Waals surface area (Å²) in [7, 11) is -3.75. The number of sulfonamides is 1. The van der Waals surface area contributed by atoms with Crippen LogP contribution in [0.1, 0.15) is 18.1 Å². The van der Waals surface area contributed by atoms with Crippen LogP contribution in [-0.2, 0) is 21.2 Å². The van der Waals surface area contributed by atoms with Crippen molar-refractivity contribution in [3.05, 3.63) is 53.6 Å². The Kier molecular flexibility index (Phi) is 7.20. The summed E-state index contributed by atoms with van der Waals surface area (Å²) < 4.78 is 33.8. The molecule has 2 rings (SSSR count). The molecule has 0 aliphatic carbocycles. The first kappa shape index (κ1) is 20.7. The van der Waals surface area contributed by atoms with Gasteiger partial charge in [-0.2, -0.15) is 0 Å². The molecule has 2 aromatic rings. The van der Waals surface area contributed by atoms with E-state index < -0.39 is 10.0 Å². The van der Waals surface area contributed by atoms with Gasteiger partial charge in [-0.25, -0.2) is 13.6 Å². The maximum absolute atomic E-state index is 11.8. The van der Waals surface area contributed by atoms with E-state index in [0.717, 1.165) is 11.1 Å². The standard InChI is InChI=1S/C19H24N2O5S/c1-3-15-12-17(27(20,23)24)8-9-18(15)25-11-10-21-19(22)13-26-16-6-4-14(2)5-7-16/h4-9,12H,3,10-11,13H2,1-2H3,(H,21,22)(H2,20,23,24). The van der Waals surface area contributed by atoms with Gasteiger partial charge >= 0.3 is 0 Å². The molecule has 0 aromatic heterocycles. The number of primary sulfonamides is 1. The minimum absolute atomic E-state index is 0.0493. The molecule has 0 radical (unpaired) electrons. The molecule has 0 saturated heterocycles. The van der Waals surface area contributed by atoms with Crippen LogP contribution in [0.25, 0.3) is 0 Å². The van der Waals surface area contributed by atoms with Gasteiger partial charge < -0.3 is 14.8 Å². The lowest BCUT2D eigenvalue weighted by atomic mass is 10.1. The zero-order valence-electron chi connectivity index (χ0n) is 15.4. The van der Waals surface area contributed by atoms with Gasteiger partial charge in [-0.3, -0.25) is 4.79 Å². The first-order valence-electron chi connectivity index (χ1n) is 8.54. The SMILES string of the molecule is CCc1cc(S(N)(=O)=O)ccc1OCCNC(=O)COc1ccc(C)cc1. The second-order valence-electron chi connectivity index (χ2n) is 5.97. The van der Waals surface area contributed by atoms with Crippen molar-refractivity contribution in [2.75, 3.05) is 19.8 Å². The topological polar surface area (TPSA) is 108 Å². The smallest absolute Gasteiger partial charge is 0.258 e. The molecule has 0 spiro atoms. The quantitative estimate of drug-likeness (QED) is 0.633. The molecular weight excluding hydrogens is 368 g/mol. The van der Waals surface area contributed by atoms with Crippen LogP contribution in [0.15, 0.2) is 47.4 Å². The first-order valence-corrected chi connectivity index (χ1v) is 10.1. The van der Waals surface area contributed by atoms with Crippen molar-refractivity contribution < 1.29 is 22.7 Å². The molecule has 146 valence electrons. The van der Waals surface area contributed by atoms with E-state index in [2.05, 4.69) is 5.32 Å². The fraction of sp³-hybridized carbons (Fsp3) is 0.316. The Morgan fingerprint density at radius 3 is 2.44 bits per heavy atom. The molecule has 1 amide bonds. The molecule has 8 heteroatoms. The fourth-order valence-electron chi connectivity index (χ4n) is 2.34. The van der Waals surface area contributed by atoms with Crippen LogP contribution in [-0.4, -0.2) is 34.1 Å². The fourth-order valence-corrected chi connectivity index (χ4v) is 2.90. The molecular formula is C19H24N2O5S. The van der Waals surface area contributed by atoms with Gasteiger partial charge in [-0.15, -0.1) is 0 Å². The van der Waals surface area contributed by atoms with Crippen LogP contribution >= 0.6 is 0 Å². The van der Waals surface area contributed by atoms with Gasteiger partial charge in [0.1, 0.15) is 18.1 Å². The molecule has 27 heavy (non-hydrogen) atoms. The van der Waals surface area contributed by atoms with Gasteiger partial charge in [-0.1, -0.05) is 24.6 Å². The molecule has 3 N–H and O–H groups in total. The molecule has 0 aliphatic rings. The highest BCUT2D eigenvalue weighted by Crippen LogP contribution is 2.22. The van der Waals surface area contributed by atoms with Crippen LogP contribution in [0.4, 0.5) is 0 Å². The summed E-state index contributed by atoms with van der Waals surface area (Å²) in [5, 5.41) is 7.84. The summed E-state index contributed by atoms with van der Waals surface area (Å²) in [6, 6.07) is 11.9. The highest BCUT2D eigenvalue weighted by atomic mass is 32.2. The largest absolute Gasteiger partial charge is 0.491 e. The van der Waals surface area contributed by atoms with Crippen molar-refractivity contribution in [3.8, 4) is 11.5 Å². The highest BCUT2D eigenvalue weighted by molar-refractivity contribution is 7.89. The van der Waals surface area contributed by atoms with Crippen LogP contribution in [0.2, 0.25) is 0 Å². The van der Waals surface area contributed by atoms with Gasteiger partial charge in [0.2, 0.25) is 10.0 Å². The Morgan fingerprint density at radius 2 is 1.81 bits per heavy atom. The Morgan fingerprint density at radius 1 is 1.11 bits per heavy atom. The van der Waals surface area contributed by atoms with Crippen molar-refractivity contribution in [1.82, 2.24) is 5.32 Å². The summed E-state index contributed by atoms with van der Waals surface area (Å²) in [5.41, 5.74) is 1.85. The summed E-state index contributed by atoms with van der Waals surface area (Å²) in [6.45, 7) is 4.34. The molecule has 0 saturated carbocycles. The molecule has 0 unspecified atom stereocenters. The average Bonchev–Trinajstić information content (AvgIpc) is 2.64. The third-order valence-corrected chi connectivity index (χ3v) is 4.73. The molecule has 0 atom stereocenters. The normalized spacial score (nSPS) is 11.1. The lowest BCUT2D eigenvalue weighted by molar-refractivity contribution is -0.123. The van der Waals surface area contributed by atoms with E-state index in [1.807, 2.05) is 38.1 Å². The maximum Gasteiger partial charge on any atom is 0.258 e. The number of ether oxygens (including phenoxy) is 2. The minimum Gasteiger partial charge on any atom is -0.491 e. The average molecular weight is 392 g/mol. The molecule has 2 aromatic carbocycles. The van der Waals surface area contributed by atoms with E-state index in [0.29, 0.717) is 24.5 Å². The van der Waals surface area contributed by atoms with Gasteiger partial charge in [0, 0.05) is 0 Å². The van der Waals surface area contributed by atoms with E-state index >= 15 is 0 Å². The second kappa shape index (κ2) is 9.38. The van der Waals surface area contributed by atoms with Gasteiger partial charge in [0.15, 0.2) is 6.61 Å². The maximum atomic E-state index is 11.8. The number of nitrogens with one attached hydrogen (secondary N) is 1. The molecule has 0 fully saturated rings. The van der Waals surface area contributed by atoms with E-state index in [4.69, 9.17) is 14.6 Å². The predicted molar refractivity (Wildman–Crippen MR) is 102 cm³/mol. The number of hydrogen-bond acceptors (Lipinski definition) is 5. The first-order chi connectivity index (χ1) is 12.8. The number of aryl methyl sites for hydroxylation is 2. The molecule has 0 aliphatic heterocycles. The van der Waals surface area contributed by atoms with Crippen molar-refractivity contribution in [2.24, 2.45) is 5.14 Å². The Labute approximate surface area is 159 Å². The Bertz CT molecular complexity index is 879. The highest BCUT2D eigenvalue weighted by Gasteiger charge is 2.11. The molecule has 7 nitrogen and oxygen atoms in total. The van der Waals surface area contributed by atoms with Crippen LogP contribution in [0.5, 0.6) is 11.5 Å². The number of rotatable bonds is 9. The van der Waals surface area contributed by atoms with Crippen molar-refractivity contribution in [2.45, 2.75) is 25.2 Å². The lowest BCUT2D eigenvalue weighted by Crippen LogP contribution is -2.32. The number of hydrogen-bond donors (Lipinski definition) is 2. The van der Waals surface area contributed by atoms with E-state index in [1.165, 1.54) is 12.1 Å². The Balaban J connectivity index is 1.77. The van der Waals surface area contributed by atoms with Crippen molar-refractivity contribution in [1.29, 1.82) is 0 Å². The third-order valence-electron chi connectivity index (χ3n) is 3.81. The second-order valence-corrected chi connectivity index (χ2v) is 7.53.